The van der Waals surface area contributed by atoms with Crippen LogP contribution in [0.15, 0.2) is 54.9 Å². The highest BCUT2D eigenvalue weighted by molar-refractivity contribution is 5.95. The highest BCUT2D eigenvalue weighted by Gasteiger charge is 2.36. The highest BCUT2D eigenvalue weighted by atomic mass is 19.4. The number of anilines is 2. The number of H-pyrrole nitrogens is 1. The molecule has 10 heteroatoms. The van der Waals surface area contributed by atoms with Gasteiger partial charge in [0.05, 0.1) is 16.7 Å². The van der Waals surface area contributed by atoms with Crippen molar-refractivity contribution < 1.29 is 13.2 Å². The maximum absolute atomic E-state index is 13.8. The second-order valence-corrected chi connectivity index (χ2v) is 8.64. The van der Waals surface area contributed by atoms with E-state index in [9.17, 15) is 13.2 Å². The molecule has 5 aromatic rings. The van der Waals surface area contributed by atoms with Crippen LogP contribution >= 0.6 is 0 Å². The van der Waals surface area contributed by atoms with Gasteiger partial charge in [0.2, 0.25) is 5.95 Å². The Balaban J connectivity index is 1.52. The van der Waals surface area contributed by atoms with Gasteiger partial charge < -0.3 is 19.8 Å². The largest absolute Gasteiger partial charge is 0.419 e. The summed E-state index contributed by atoms with van der Waals surface area (Å²) in [6.45, 7) is 3.63. The summed E-state index contributed by atoms with van der Waals surface area (Å²) in [5, 5.41) is 3.70. The van der Waals surface area contributed by atoms with Crippen molar-refractivity contribution in [1.29, 1.82) is 0 Å². The molecule has 7 nitrogen and oxygen atoms in total. The number of aromatic nitrogens is 5. The molecular weight excluding hydrogens is 455 g/mol. The molecule has 2 aromatic carbocycles. The van der Waals surface area contributed by atoms with Gasteiger partial charge in [-0.15, -0.1) is 0 Å². The third kappa shape index (κ3) is 4.44. The van der Waals surface area contributed by atoms with E-state index in [2.05, 4.69) is 34.7 Å². The van der Waals surface area contributed by atoms with Crippen LogP contribution in [-0.4, -0.2) is 50.0 Å². The Labute approximate surface area is 199 Å². The Hall–Kier alpha value is -3.92. The second-order valence-electron chi connectivity index (χ2n) is 8.64. The molecule has 180 valence electrons. The zero-order chi connectivity index (χ0) is 24.7. The number of hydrogen-bond donors (Lipinski definition) is 2. The van der Waals surface area contributed by atoms with E-state index in [-0.39, 0.29) is 11.6 Å². The summed E-state index contributed by atoms with van der Waals surface area (Å²) in [5.74, 6) is 0.966. The van der Waals surface area contributed by atoms with E-state index in [4.69, 9.17) is 0 Å². The van der Waals surface area contributed by atoms with E-state index in [0.29, 0.717) is 16.6 Å². The van der Waals surface area contributed by atoms with Crippen LogP contribution < -0.4 is 5.32 Å². The van der Waals surface area contributed by atoms with E-state index in [1.807, 2.05) is 45.3 Å². The number of alkyl halides is 3. The van der Waals surface area contributed by atoms with Crippen molar-refractivity contribution in [3.8, 4) is 11.3 Å². The Morgan fingerprint density at radius 2 is 1.89 bits per heavy atom. The van der Waals surface area contributed by atoms with E-state index in [1.165, 1.54) is 0 Å². The quantitative estimate of drug-likeness (QED) is 0.331. The van der Waals surface area contributed by atoms with Gasteiger partial charge in [0.15, 0.2) is 0 Å². The fourth-order valence-electron chi connectivity index (χ4n) is 4.16. The van der Waals surface area contributed by atoms with Gasteiger partial charge >= 0.3 is 6.18 Å². The van der Waals surface area contributed by atoms with Gasteiger partial charge in [-0.2, -0.15) is 13.2 Å². The van der Waals surface area contributed by atoms with Crippen molar-refractivity contribution >= 4 is 33.6 Å². The molecule has 0 atom stereocenters. The van der Waals surface area contributed by atoms with Crippen molar-refractivity contribution in [3.05, 3.63) is 66.2 Å². The SMILES string of the molecule is Cc1nc2cc(Nc3ncc(C(F)(F)F)c(-c4c[nH]c5ccccc45)n3)ccc2n1CCN(C)C. The summed E-state index contributed by atoms with van der Waals surface area (Å²) in [7, 11) is 4.04. The number of nitrogens with one attached hydrogen (secondary N) is 2. The highest BCUT2D eigenvalue weighted by Crippen LogP contribution is 2.38. The van der Waals surface area contributed by atoms with Gasteiger partial charge in [-0.25, -0.2) is 15.0 Å². The molecule has 0 spiro atoms. The zero-order valence-electron chi connectivity index (χ0n) is 19.5. The van der Waals surface area contributed by atoms with Crippen molar-refractivity contribution in [3.63, 3.8) is 0 Å². The van der Waals surface area contributed by atoms with Crippen LogP contribution in [0.5, 0.6) is 0 Å². The Morgan fingerprint density at radius 1 is 1.09 bits per heavy atom. The van der Waals surface area contributed by atoms with E-state index >= 15 is 0 Å². The standard InChI is InChI=1S/C25H24F3N7/c1-15-31-21-12-16(8-9-22(21)35(15)11-10-34(2)3)32-24-30-14-19(25(26,27)28)23(33-24)18-13-29-20-7-5-4-6-17(18)20/h4-9,12-14,29H,10-11H2,1-3H3,(H,30,32,33). The van der Waals surface area contributed by atoms with Crippen molar-refractivity contribution in [2.75, 3.05) is 26.0 Å². The molecule has 0 fully saturated rings. The van der Waals surface area contributed by atoms with Crippen LogP contribution in [0.3, 0.4) is 0 Å². The van der Waals surface area contributed by atoms with Gasteiger partial charge in [0.1, 0.15) is 11.4 Å². The molecule has 0 saturated heterocycles. The first-order chi connectivity index (χ1) is 16.7. The molecule has 0 amide bonds. The number of nitrogens with zero attached hydrogens (tertiary/aromatic N) is 5. The van der Waals surface area contributed by atoms with Crippen LogP contribution in [0.4, 0.5) is 24.8 Å². The number of aromatic amines is 1. The minimum atomic E-state index is -4.60. The smallest absolute Gasteiger partial charge is 0.360 e. The van der Waals surface area contributed by atoms with Crippen molar-refractivity contribution in [1.82, 2.24) is 29.4 Å². The first-order valence-corrected chi connectivity index (χ1v) is 11.1. The lowest BCUT2D eigenvalue weighted by molar-refractivity contribution is -0.137. The lowest BCUT2D eigenvalue weighted by Gasteiger charge is -2.14. The summed E-state index contributed by atoms with van der Waals surface area (Å²) >= 11 is 0. The van der Waals surface area contributed by atoms with E-state index in [0.717, 1.165) is 41.7 Å². The third-order valence-corrected chi connectivity index (χ3v) is 5.90. The molecule has 0 unspecified atom stereocenters. The van der Waals surface area contributed by atoms with Gasteiger partial charge in [0, 0.05) is 47.6 Å². The Bertz CT molecular complexity index is 1520. The van der Waals surface area contributed by atoms with E-state index < -0.39 is 11.7 Å². The predicted octanol–water partition coefficient (Wildman–Crippen LogP) is 5.61. The molecule has 0 aliphatic heterocycles. The first kappa shape index (κ1) is 22.9. The second kappa shape index (κ2) is 8.70. The average molecular weight is 480 g/mol. The summed E-state index contributed by atoms with van der Waals surface area (Å²) < 4.78 is 43.5. The summed E-state index contributed by atoms with van der Waals surface area (Å²) in [5.41, 5.74) is 2.44. The molecule has 3 heterocycles. The molecule has 0 aliphatic rings. The summed E-state index contributed by atoms with van der Waals surface area (Å²) in [4.78, 5) is 18.0. The lowest BCUT2D eigenvalue weighted by atomic mass is 10.1. The van der Waals surface area contributed by atoms with E-state index in [1.54, 1.807) is 24.4 Å². The fourth-order valence-corrected chi connectivity index (χ4v) is 4.16. The van der Waals surface area contributed by atoms with Gasteiger partial charge in [-0.05, 0) is 45.3 Å². The number of halogens is 3. The van der Waals surface area contributed by atoms with Gasteiger partial charge in [-0.3, -0.25) is 0 Å². The van der Waals surface area contributed by atoms with Crippen LogP contribution in [0.1, 0.15) is 11.4 Å². The van der Waals surface area contributed by atoms with Crippen LogP contribution in [-0.2, 0) is 12.7 Å². The third-order valence-electron chi connectivity index (χ3n) is 5.90. The number of fused-ring (bicyclic) bond motifs is 2. The number of likely N-dealkylation sites (N-methyl/N-ethyl adjacent to an activating group) is 1. The number of hydrogen-bond acceptors (Lipinski definition) is 5. The fraction of sp³-hybridized carbons (Fsp3) is 0.240. The maximum atomic E-state index is 13.8. The first-order valence-electron chi connectivity index (χ1n) is 11.1. The topological polar surface area (TPSA) is 74.7 Å². The number of rotatable bonds is 6. The maximum Gasteiger partial charge on any atom is 0.419 e. The molecule has 0 aliphatic carbocycles. The van der Waals surface area contributed by atoms with Crippen LogP contribution in [0.25, 0.3) is 33.2 Å². The number of benzene rings is 2. The molecule has 5 rings (SSSR count). The molecule has 0 saturated carbocycles. The van der Waals surface area contributed by atoms with Crippen LogP contribution in [0, 0.1) is 6.92 Å². The molecule has 0 bridgehead atoms. The minimum Gasteiger partial charge on any atom is -0.360 e. The number of imidazole rings is 1. The monoisotopic (exact) mass is 479 g/mol. The zero-order valence-corrected chi connectivity index (χ0v) is 19.5. The molecule has 0 radical (unpaired) electrons. The normalized spacial score (nSPS) is 12.2. The average Bonchev–Trinajstić information content (AvgIpc) is 3.37. The molecule has 3 aromatic heterocycles. The minimum absolute atomic E-state index is 0.0707. The van der Waals surface area contributed by atoms with Gasteiger partial charge in [-0.1, -0.05) is 18.2 Å². The Kier molecular flexibility index (Phi) is 5.68. The van der Waals surface area contributed by atoms with Gasteiger partial charge in [0.25, 0.3) is 0 Å². The molecule has 2 N–H and O–H groups in total. The van der Waals surface area contributed by atoms with Crippen molar-refractivity contribution in [2.24, 2.45) is 0 Å². The number of aryl methyl sites for hydroxylation is 1. The van der Waals surface area contributed by atoms with Crippen molar-refractivity contribution in [2.45, 2.75) is 19.6 Å². The Morgan fingerprint density at radius 3 is 2.66 bits per heavy atom. The molecule has 35 heavy (non-hydrogen) atoms. The summed E-state index contributed by atoms with van der Waals surface area (Å²) in [6, 6.07) is 12.8. The number of para-hydroxylation sites is 1. The lowest BCUT2D eigenvalue weighted by Crippen LogP contribution is -2.18. The summed E-state index contributed by atoms with van der Waals surface area (Å²) in [6.07, 6.45) is -2.23. The molecular formula is C25H24F3N7. The predicted molar refractivity (Wildman–Crippen MR) is 131 cm³/mol. The van der Waals surface area contributed by atoms with Crippen LogP contribution in [0.2, 0.25) is 0 Å².